The van der Waals surface area contributed by atoms with E-state index in [0.29, 0.717) is 17.7 Å². The minimum atomic E-state index is -0.303. The second kappa shape index (κ2) is 9.44. The quantitative estimate of drug-likeness (QED) is 0.312. The predicted molar refractivity (Wildman–Crippen MR) is 129 cm³/mol. The van der Waals surface area contributed by atoms with E-state index in [1.807, 2.05) is 42.6 Å². The van der Waals surface area contributed by atoms with E-state index in [1.54, 1.807) is 17.0 Å². The summed E-state index contributed by atoms with van der Waals surface area (Å²) in [5.41, 5.74) is 2.66. The van der Waals surface area contributed by atoms with Crippen LogP contribution in [0.5, 0.6) is 0 Å². The Bertz CT molecular complexity index is 1250. The van der Waals surface area contributed by atoms with Gasteiger partial charge in [-0.2, -0.15) is 0 Å². The van der Waals surface area contributed by atoms with E-state index >= 15 is 0 Å². The Kier molecular flexibility index (Phi) is 6.24. The van der Waals surface area contributed by atoms with Crippen LogP contribution >= 0.6 is 23.1 Å². The molecule has 0 radical (unpaired) electrons. The van der Waals surface area contributed by atoms with E-state index < -0.39 is 0 Å². The number of rotatable bonds is 8. The van der Waals surface area contributed by atoms with Crippen LogP contribution in [-0.4, -0.2) is 31.4 Å². The number of amides is 1. The Morgan fingerprint density at radius 1 is 1.15 bits per heavy atom. The number of hydrogen-bond acceptors (Lipinski definition) is 6. The zero-order valence-corrected chi connectivity index (χ0v) is 19.7. The van der Waals surface area contributed by atoms with Gasteiger partial charge >= 0.3 is 0 Å². The van der Waals surface area contributed by atoms with Gasteiger partial charge in [-0.25, -0.2) is 9.37 Å². The number of thioether (sulfide) groups is 1. The van der Waals surface area contributed by atoms with Crippen LogP contribution in [0.25, 0.3) is 11.3 Å². The fourth-order valence-electron chi connectivity index (χ4n) is 3.57. The standard InChI is InChI=1S/C24H22FN5OS2/c1-16-27-28-24(30(16)20-11-12-20)33-15-22(31)29(13-17-7-9-19(25)10-8-17)23-26-21(14-32-23)18-5-3-2-4-6-18/h2-10,14,20H,11-13,15H2,1H3. The Balaban J connectivity index is 1.38. The molecule has 4 aromatic rings. The number of nitrogens with zero attached hydrogens (tertiary/aromatic N) is 5. The van der Waals surface area contributed by atoms with Crippen molar-refractivity contribution in [3.63, 3.8) is 0 Å². The first-order chi connectivity index (χ1) is 16.1. The predicted octanol–water partition coefficient (Wildman–Crippen LogP) is 5.51. The van der Waals surface area contributed by atoms with Crippen LogP contribution in [0.4, 0.5) is 9.52 Å². The number of carbonyl (C=O) groups is 1. The highest BCUT2D eigenvalue weighted by Gasteiger charge is 2.29. The molecule has 1 fully saturated rings. The van der Waals surface area contributed by atoms with Gasteiger partial charge < -0.3 is 4.57 Å². The first kappa shape index (κ1) is 21.8. The van der Waals surface area contributed by atoms with Crippen molar-refractivity contribution in [2.24, 2.45) is 0 Å². The summed E-state index contributed by atoms with van der Waals surface area (Å²) >= 11 is 2.82. The Morgan fingerprint density at radius 3 is 2.64 bits per heavy atom. The van der Waals surface area contributed by atoms with Crippen LogP contribution < -0.4 is 4.90 Å². The number of anilines is 1. The third-order valence-corrected chi connectivity index (χ3v) is 7.21. The minimum Gasteiger partial charge on any atom is -0.303 e. The molecule has 0 bridgehead atoms. The second-order valence-corrected chi connectivity index (χ2v) is 9.69. The summed E-state index contributed by atoms with van der Waals surface area (Å²) in [5.74, 6) is 0.707. The molecular weight excluding hydrogens is 457 g/mol. The lowest BCUT2D eigenvalue weighted by Gasteiger charge is -2.20. The van der Waals surface area contributed by atoms with Crippen molar-refractivity contribution in [3.8, 4) is 11.3 Å². The van der Waals surface area contributed by atoms with Crippen molar-refractivity contribution in [1.82, 2.24) is 19.7 Å². The van der Waals surface area contributed by atoms with Crippen LogP contribution in [-0.2, 0) is 11.3 Å². The van der Waals surface area contributed by atoms with Gasteiger partial charge in [-0.3, -0.25) is 9.69 Å². The van der Waals surface area contributed by atoms with Gasteiger partial charge in [-0.1, -0.05) is 54.2 Å². The molecule has 33 heavy (non-hydrogen) atoms. The molecule has 5 rings (SSSR count). The van der Waals surface area contributed by atoms with E-state index in [0.717, 1.165) is 40.6 Å². The van der Waals surface area contributed by atoms with E-state index in [1.165, 1.54) is 35.2 Å². The van der Waals surface area contributed by atoms with Gasteiger partial charge in [0.2, 0.25) is 5.91 Å². The molecule has 9 heteroatoms. The van der Waals surface area contributed by atoms with Crippen molar-refractivity contribution in [3.05, 3.63) is 77.2 Å². The van der Waals surface area contributed by atoms with Crippen LogP contribution in [0.1, 0.15) is 30.3 Å². The molecule has 1 aliphatic rings. The lowest BCUT2D eigenvalue weighted by molar-refractivity contribution is -0.116. The maximum Gasteiger partial charge on any atom is 0.239 e. The number of hydrogen-bond donors (Lipinski definition) is 0. The average molecular weight is 480 g/mol. The number of aromatic nitrogens is 4. The van der Waals surface area contributed by atoms with E-state index in [2.05, 4.69) is 14.8 Å². The van der Waals surface area contributed by atoms with Crippen LogP contribution in [0.3, 0.4) is 0 Å². The molecular formula is C24H22FN5OS2. The van der Waals surface area contributed by atoms with Crippen LogP contribution in [0.2, 0.25) is 0 Å². The van der Waals surface area contributed by atoms with Gasteiger partial charge in [0.15, 0.2) is 10.3 Å². The fourth-order valence-corrected chi connectivity index (χ4v) is 5.35. The monoisotopic (exact) mass is 479 g/mol. The molecule has 2 aromatic heterocycles. The molecule has 0 saturated heterocycles. The normalized spacial score (nSPS) is 13.3. The number of halogens is 1. The highest BCUT2D eigenvalue weighted by Crippen LogP contribution is 2.38. The molecule has 0 spiro atoms. The highest BCUT2D eigenvalue weighted by atomic mass is 32.2. The summed E-state index contributed by atoms with van der Waals surface area (Å²) in [6, 6.07) is 16.5. The van der Waals surface area contributed by atoms with Crippen molar-refractivity contribution in [2.45, 2.75) is 37.5 Å². The van der Waals surface area contributed by atoms with Gasteiger partial charge in [0.25, 0.3) is 0 Å². The van der Waals surface area contributed by atoms with Crippen molar-refractivity contribution in [2.75, 3.05) is 10.7 Å². The zero-order chi connectivity index (χ0) is 22.8. The molecule has 0 unspecified atom stereocenters. The number of carbonyl (C=O) groups excluding carboxylic acids is 1. The molecule has 0 aliphatic heterocycles. The number of aryl methyl sites for hydroxylation is 1. The third-order valence-electron chi connectivity index (χ3n) is 5.42. The summed E-state index contributed by atoms with van der Waals surface area (Å²) < 4.78 is 15.5. The maximum absolute atomic E-state index is 13.4. The van der Waals surface area contributed by atoms with Crippen molar-refractivity contribution >= 4 is 34.1 Å². The van der Waals surface area contributed by atoms with Crippen LogP contribution in [0.15, 0.2) is 65.1 Å². The Morgan fingerprint density at radius 2 is 1.91 bits per heavy atom. The number of benzene rings is 2. The largest absolute Gasteiger partial charge is 0.303 e. The molecule has 168 valence electrons. The van der Waals surface area contributed by atoms with Gasteiger partial charge in [0, 0.05) is 17.0 Å². The van der Waals surface area contributed by atoms with E-state index in [9.17, 15) is 9.18 Å². The van der Waals surface area contributed by atoms with Crippen LogP contribution in [0, 0.1) is 12.7 Å². The molecule has 1 aliphatic carbocycles. The van der Waals surface area contributed by atoms with Gasteiger partial charge in [0.1, 0.15) is 11.6 Å². The molecule has 0 atom stereocenters. The maximum atomic E-state index is 13.4. The van der Waals surface area contributed by atoms with Gasteiger partial charge in [-0.05, 0) is 37.5 Å². The highest BCUT2D eigenvalue weighted by molar-refractivity contribution is 7.99. The molecule has 2 aromatic carbocycles. The van der Waals surface area contributed by atoms with E-state index in [4.69, 9.17) is 4.98 Å². The Hall–Kier alpha value is -3.04. The molecule has 2 heterocycles. The van der Waals surface area contributed by atoms with E-state index in [-0.39, 0.29) is 17.5 Å². The zero-order valence-electron chi connectivity index (χ0n) is 18.0. The molecule has 1 saturated carbocycles. The second-order valence-electron chi connectivity index (χ2n) is 7.91. The third kappa shape index (κ3) is 4.99. The Labute approximate surface area is 199 Å². The van der Waals surface area contributed by atoms with Crippen molar-refractivity contribution in [1.29, 1.82) is 0 Å². The summed E-state index contributed by atoms with van der Waals surface area (Å²) in [6.45, 7) is 2.26. The summed E-state index contributed by atoms with van der Waals surface area (Å²) in [6.07, 6.45) is 2.25. The smallest absolute Gasteiger partial charge is 0.239 e. The summed E-state index contributed by atoms with van der Waals surface area (Å²) in [7, 11) is 0. The van der Waals surface area contributed by atoms with Gasteiger partial charge in [-0.15, -0.1) is 21.5 Å². The van der Waals surface area contributed by atoms with Crippen molar-refractivity contribution < 1.29 is 9.18 Å². The minimum absolute atomic E-state index is 0.0821. The summed E-state index contributed by atoms with van der Waals surface area (Å²) in [4.78, 5) is 19.8. The first-order valence-electron chi connectivity index (χ1n) is 10.7. The molecule has 6 nitrogen and oxygen atoms in total. The fraction of sp³-hybridized carbons (Fsp3) is 0.250. The summed E-state index contributed by atoms with van der Waals surface area (Å²) in [5, 5.41) is 11.8. The average Bonchev–Trinajstić information content (AvgIpc) is 3.42. The SMILES string of the molecule is Cc1nnc(SCC(=O)N(Cc2ccc(F)cc2)c2nc(-c3ccccc3)cs2)n1C1CC1. The lowest BCUT2D eigenvalue weighted by atomic mass is 10.2. The number of thiazole rings is 1. The lowest BCUT2D eigenvalue weighted by Crippen LogP contribution is -2.32. The molecule has 0 N–H and O–H groups in total. The van der Waals surface area contributed by atoms with Gasteiger partial charge in [0.05, 0.1) is 18.0 Å². The molecule has 1 amide bonds. The topological polar surface area (TPSA) is 63.9 Å². The first-order valence-corrected chi connectivity index (χ1v) is 12.5.